The number of nitrogens with zero attached hydrogens (tertiary/aromatic N) is 2. The molecule has 0 bridgehead atoms. The van der Waals surface area contributed by atoms with Crippen LogP contribution in [0.25, 0.3) is 0 Å². The van der Waals surface area contributed by atoms with E-state index in [0.717, 1.165) is 16.1 Å². The fourth-order valence-electron chi connectivity index (χ4n) is 3.56. The fraction of sp³-hybridized carbons (Fsp3) is 0.227. The highest BCUT2D eigenvalue weighted by Crippen LogP contribution is 2.35. The lowest BCUT2D eigenvalue weighted by Gasteiger charge is -2.33. The van der Waals surface area contributed by atoms with E-state index in [9.17, 15) is 14.4 Å². The molecule has 0 saturated heterocycles. The summed E-state index contributed by atoms with van der Waals surface area (Å²) in [6.07, 6.45) is 1.98. The van der Waals surface area contributed by atoms with Gasteiger partial charge in [-0.05, 0) is 36.1 Å². The third-order valence-electron chi connectivity index (χ3n) is 5.26. The molecule has 4 rings (SSSR count). The van der Waals surface area contributed by atoms with E-state index in [1.807, 2.05) is 60.9 Å². The van der Waals surface area contributed by atoms with Crippen molar-refractivity contribution in [2.75, 3.05) is 31.4 Å². The van der Waals surface area contributed by atoms with Crippen LogP contribution in [-0.2, 0) is 14.3 Å². The van der Waals surface area contributed by atoms with Gasteiger partial charge in [-0.25, -0.2) is 9.59 Å². The molecular formula is C22H21N3O4S. The minimum Gasteiger partial charge on any atom is -0.456 e. The van der Waals surface area contributed by atoms with Crippen molar-refractivity contribution in [2.24, 2.45) is 0 Å². The van der Waals surface area contributed by atoms with Crippen molar-refractivity contribution in [2.45, 2.75) is 10.9 Å². The van der Waals surface area contributed by atoms with Crippen molar-refractivity contribution in [3.8, 4) is 0 Å². The molecule has 0 aromatic heterocycles. The summed E-state index contributed by atoms with van der Waals surface area (Å²) in [4.78, 5) is 42.0. The van der Waals surface area contributed by atoms with Gasteiger partial charge in [0.15, 0.2) is 0 Å². The lowest BCUT2D eigenvalue weighted by molar-refractivity contribution is -0.136. The molecule has 0 saturated carbocycles. The molecule has 154 valence electrons. The number of thioether (sulfide) groups is 1. The van der Waals surface area contributed by atoms with E-state index in [1.54, 1.807) is 18.8 Å². The van der Waals surface area contributed by atoms with E-state index >= 15 is 0 Å². The van der Waals surface area contributed by atoms with Crippen LogP contribution >= 0.6 is 11.8 Å². The topological polar surface area (TPSA) is 79.0 Å². The fourth-order valence-corrected chi connectivity index (χ4v) is 3.97. The summed E-state index contributed by atoms with van der Waals surface area (Å²) in [5, 5.41) is 2.86. The van der Waals surface area contributed by atoms with Crippen molar-refractivity contribution in [1.82, 2.24) is 10.2 Å². The van der Waals surface area contributed by atoms with Crippen molar-refractivity contribution < 1.29 is 19.1 Å². The maximum atomic E-state index is 12.9. The lowest BCUT2D eigenvalue weighted by atomic mass is 9.96. The predicted octanol–water partition coefficient (Wildman–Crippen LogP) is 2.95. The van der Waals surface area contributed by atoms with E-state index in [0.29, 0.717) is 11.3 Å². The Hall–Kier alpha value is -3.26. The van der Waals surface area contributed by atoms with Crippen LogP contribution in [0.3, 0.4) is 0 Å². The minimum absolute atomic E-state index is 0.0245. The van der Waals surface area contributed by atoms with Crippen LogP contribution in [0.4, 0.5) is 10.5 Å². The van der Waals surface area contributed by atoms with Gasteiger partial charge in [0.1, 0.15) is 13.2 Å². The standard InChI is InChI=1S/C22H21N3O4S/c1-24(15-6-4-3-5-7-15)18(26)12-25-17-13-29-21(27)19(17)20(23-22(25)28)14-8-10-16(30-2)11-9-14/h3-11,20H,12-13H2,1-2H3,(H,23,28). The minimum atomic E-state index is -0.600. The Morgan fingerprint density at radius 1 is 1.17 bits per heavy atom. The molecule has 2 aromatic carbocycles. The summed E-state index contributed by atoms with van der Waals surface area (Å²) < 4.78 is 5.23. The number of para-hydroxylation sites is 1. The third kappa shape index (κ3) is 3.66. The SMILES string of the molecule is CSc1ccc(C2NC(=O)N(CC(=O)N(C)c3ccccc3)C3=C2C(=O)OC3)cc1. The summed E-state index contributed by atoms with van der Waals surface area (Å²) in [7, 11) is 1.65. The molecule has 2 aliphatic rings. The number of anilines is 1. The zero-order chi connectivity index (χ0) is 21.3. The molecule has 3 amide bonds. The number of cyclic esters (lactones) is 1. The number of hydrogen-bond acceptors (Lipinski definition) is 5. The van der Waals surface area contributed by atoms with Crippen LogP contribution in [0.2, 0.25) is 0 Å². The quantitative estimate of drug-likeness (QED) is 0.591. The van der Waals surface area contributed by atoms with E-state index in [-0.39, 0.29) is 19.1 Å². The molecule has 0 radical (unpaired) electrons. The van der Waals surface area contributed by atoms with Crippen LogP contribution in [0, 0.1) is 0 Å². The third-order valence-corrected chi connectivity index (χ3v) is 6.00. The number of esters is 1. The van der Waals surface area contributed by atoms with Gasteiger partial charge in [-0.3, -0.25) is 9.69 Å². The van der Waals surface area contributed by atoms with Gasteiger partial charge < -0.3 is 15.0 Å². The van der Waals surface area contributed by atoms with Crippen LogP contribution in [0.5, 0.6) is 0 Å². The number of carbonyl (C=O) groups is 3. The van der Waals surface area contributed by atoms with Gasteiger partial charge >= 0.3 is 12.0 Å². The molecule has 1 unspecified atom stereocenters. The van der Waals surface area contributed by atoms with E-state index in [2.05, 4.69) is 5.32 Å². The summed E-state index contributed by atoms with van der Waals surface area (Å²) in [6.45, 7) is -0.214. The molecule has 0 aliphatic carbocycles. The Morgan fingerprint density at radius 2 is 1.87 bits per heavy atom. The highest BCUT2D eigenvalue weighted by Gasteiger charge is 2.42. The Bertz CT molecular complexity index is 1020. The Kier molecular flexibility index (Phi) is 5.50. The number of carbonyl (C=O) groups excluding carboxylic acids is 3. The van der Waals surface area contributed by atoms with Gasteiger partial charge in [0.2, 0.25) is 5.91 Å². The van der Waals surface area contributed by atoms with Crippen molar-refractivity contribution in [3.63, 3.8) is 0 Å². The zero-order valence-electron chi connectivity index (χ0n) is 16.6. The van der Waals surface area contributed by atoms with Crippen LogP contribution in [0.15, 0.2) is 70.8 Å². The van der Waals surface area contributed by atoms with Gasteiger partial charge in [-0.2, -0.15) is 0 Å². The molecule has 0 fully saturated rings. The largest absolute Gasteiger partial charge is 0.456 e. The molecule has 2 aromatic rings. The highest BCUT2D eigenvalue weighted by atomic mass is 32.2. The number of benzene rings is 2. The number of likely N-dealkylation sites (N-methyl/N-ethyl adjacent to an activating group) is 1. The second kappa shape index (κ2) is 8.23. The first-order chi connectivity index (χ1) is 14.5. The Balaban J connectivity index is 1.61. The second-order valence-corrected chi connectivity index (χ2v) is 7.85. The van der Waals surface area contributed by atoms with Gasteiger partial charge in [0, 0.05) is 17.6 Å². The summed E-state index contributed by atoms with van der Waals surface area (Å²) >= 11 is 1.61. The molecular weight excluding hydrogens is 402 g/mol. The normalized spacial score (nSPS) is 18.1. The monoisotopic (exact) mass is 423 g/mol. The van der Waals surface area contributed by atoms with Crippen molar-refractivity contribution in [3.05, 3.63) is 71.4 Å². The molecule has 0 spiro atoms. The first kappa shape index (κ1) is 20.0. The predicted molar refractivity (Wildman–Crippen MR) is 114 cm³/mol. The lowest BCUT2D eigenvalue weighted by Crippen LogP contribution is -2.50. The van der Waals surface area contributed by atoms with Crippen molar-refractivity contribution in [1.29, 1.82) is 0 Å². The van der Waals surface area contributed by atoms with E-state index < -0.39 is 18.0 Å². The van der Waals surface area contributed by atoms with E-state index in [1.165, 1.54) is 9.80 Å². The number of ether oxygens (including phenoxy) is 1. The second-order valence-electron chi connectivity index (χ2n) is 6.97. The molecule has 8 heteroatoms. The maximum absolute atomic E-state index is 12.9. The smallest absolute Gasteiger partial charge is 0.338 e. The van der Waals surface area contributed by atoms with Gasteiger partial charge in [0.05, 0.1) is 17.3 Å². The Labute approximate surface area is 178 Å². The number of rotatable bonds is 5. The first-order valence-electron chi connectivity index (χ1n) is 9.43. The maximum Gasteiger partial charge on any atom is 0.338 e. The van der Waals surface area contributed by atoms with Gasteiger partial charge in [-0.15, -0.1) is 11.8 Å². The Morgan fingerprint density at radius 3 is 2.53 bits per heavy atom. The van der Waals surface area contributed by atoms with E-state index in [4.69, 9.17) is 4.74 Å². The van der Waals surface area contributed by atoms with Crippen LogP contribution < -0.4 is 10.2 Å². The van der Waals surface area contributed by atoms with Crippen molar-refractivity contribution >= 4 is 35.4 Å². The summed E-state index contributed by atoms with van der Waals surface area (Å²) in [6, 6.07) is 15.8. The molecule has 2 heterocycles. The average molecular weight is 423 g/mol. The molecule has 2 aliphatic heterocycles. The number of hydrogen-bond donors (Lipinski definition) is 1. The number of nitrogens with one attached hydrogen (secondary N) is 1. The summed E-state index contributed by atoms with van der Waals surface area (Å²) in [5.41, 5.74) is 2.33. The zero-order valence-corrected chi connectivity index (χ0v) is 17.4. The van der Waals surface area contributed by atoms with Crippen LogP contribution in [0.1, 0.15) is 11.6 Å². The first-order valence-corrected chi connectivity index (χ1v) is 10.7. The number of amides is 3. The van der Waals surface area contributed by atoms with Gasteiger partial charge in [-0.1, -0.05) is 30.3 Å². The molecule has 7 nitrogen and oxygen atoms in total. The number of urea groups is 1. The van der Waals surface area contributed by atoms with Gasteiger partial charge in [0.25, 0.3) is 0 Å². The molecule has 1 N–H and O–H groups in total. The molecule has 30 heavy (non-hydrogen) atoms. The molecule has 1 atom stereocenters. The highest BCUT2D eigenvalue weighted by molar-refractivity contribution is 7.98. The van der Waals surface area contributed by atoms with Crippen LogP contribution in [-0.4, -0.2) is 49.3 Å². The average Bonchev–Trinajstić information content (AvgIpc) is 3.17. The summed E-state index contributed by atoms with van der Waals surface area (Å²) in [5.74, 6) is -0.747.